The molecular weight excluding hydrogens is 304 g/mol. The number of ether oxygens (including phenoxy) is 1. The van der Waals surface area contributed by atoms with Crippen LogP contribution in [0.4, 0.5) is 10.6 Å². The second-order valence-electron chi connectivity index (χ2n) is 5.95. The molecule has 1 heterocycles. The average molecular weight is 326 g/mol. The third-order valence-corrected chi connectivity index (χ3v) is 2.58. The molecule has 9 nitrogen and oxygen atoms in total. The lowest BCUT2D eigenvalue weighted by Crippen LogP contribution is -2.33. The van der Waals surface area contributed by atoms with Gasteiger partial charge >= 0.3 is 12.1 Å². The third-order valence-electron chi connectivity index (χ3n) is 2.58. The summed E-state index contributed by atoms with van der Waals surface area (Å²) >= 11 is 0. The smallest absolute Gasteiger partial charge is 0.407 e. The van der Waals surface area contributed by atoms with E-state index in [-0.39, 0.29) is 24.0 Å². The standard InChI is InChI=1S/C14H22N4O5/c1-14(2,3)23-13(22)15-7-5-6-10(19)16-9-8-18(4)11(17-9)12(20)21/h8H,5-7H2,1-4H3,(H,15,22)(H,16,19)(H,20,21). The predicted octanol–water partition coefficient (Wildman–Crippen LogP) is 1.36. The summed E-state index contributed by atoms with van der Waals surface area (Å²) in [5.74, 6) is -1.47. The number of rotatable bonds is 6. The summed E-state index contributed by atoms with van der Waals surface area (Å²) in [5, 5.41) is 13.9. The minimum absolute atomic E-state index is 0.160. The lowest BCUT2D eigenvalue weighted by molar-refractivity contribution is -0.116. The van der Waals surface area contributed by atoms with Crippen LogP contribution in [0.3, 0.4) is 0 Å². The number of aromatic carboxylic acids is 1. The van der Waals surface area contributed by atoms with Crippen molar-refractivity contribution in [2.24, 2.45) is 7.05 Å². The van der Waals surface area contributed by atoms with E-state index >= 15 is 0 Å². The molecule has 1 rings (SSSR count). The highest BCUT2D eigenvalue weighted by Crippen LogP contribution is 2.08. The van der Waals surface area contributed by atoms with Crippen molar-refractivity contribution in [2.75, 3.05) is 11.9 Å². The van der Waals surface area contributed by atoms with Gasteiger partial charge < -0.3 is 25.0 Å². The van der Waals surface area contributed by atoms with Crippen molar-refractivity contribution in [3.8, 4) is 0 Å². The van der Waals surface area contributed by atoms with Gasteiger partial charge in [-0.25, -0.2) is 14.6 Å². The number of amides is 2. The van der Waals surface area contributed by atoms with Crippen LogP contribution in [0.1, 0.15) is 44.2 Å². The van der Waals surface area contributed by atoms with Gasteiger partial charge in [-0.3, -0.25) is 4.79 Å². The topological polar surface area (TPSA) is 123 Å². The maximum absolute atomic E-state index is 11.7. The van der Waals surface area contributed by atoms with E-state index in [1.54, 1.807) is 20.8 Å². The van der Waals surface area contributed by atoms with Crippen LogP contribution in [-0.4, -0.2) is 44.8 Å². The Balaban J connectivity index is 2.31. The highest BCUT2D eigenvalue weighted by Gasteiger charge is 2.16. The quantitative estimate of drug-likeness (QED) is 0.678. The van der Waals surface area contributed by atoms with Crippen molar-refractivity contribution in [1.82, 2.24) is 14.9 Å². The third kappa shape index (κ3) is 6.81. The number of aromatic nitrogens is 2. The number of hydrogen-bond donors (Lipinski definition) is 3. The lowest BCUT2D eigenvalue weighted by atomic mass is 10.2. The van der Waals surface area contributed by atoms with Crippen molar-refractivity contribution in [3.05, 3.63) is 12.0 Å². The van der Waals surface area contributed by atoms with Crippen LogP contribution in [0, 0.1) is 0 Å². The van der Waals surface area contributed by atoms with Crippen molar-refractivity contribution < 1.29 is 24.2 Å². The monoisotopic (exact) mass is 326 g/mol. The van der Waals surface area contributed by atoms with Gasteiger partial charge in [0, 0.05) is 26.2 Å². The van der Waals surface area contributed by atoms with Crippen LogP contribution in [0.5, 0.6) is 0 Å². The summed E-state index contributed by atoms with van der Waals surface area (Å²) < 4.78 is 6.37. The molecule has 0 saturated heterocycles. The Hall–Kier alpha value is -2.58. The molecule has 0 aliphatic carbocycles. The molecule has 0 radical (unpaired) electrons. The highest BCUT2D eigenvalue weighted by atomic mass is 16.6. The molecule has 128 valence electrons. The van der Waals surface area contributed by atoms with E-state index in [0.29, 0.717) is 13.0 Å². The number of carbonyl (C=O) groups excluding carboxylic acids is 2. The second-order valence-corrected chi connectivity index (χ2v) is 5.95. The summed E-state index contributed by atoms with van der Waals surface area (Å²) in [4.78, 5) is 37.8. The normalized spacial score (nSPS) is 11.0. The van der Waals surface area contributed by atoms with Crippen molar-refractivity contribution in [3.63, 3.8) is 0 Å². The Bertz CT molecular complexity index is 588. The summed E-state index contributed by atoms with van der Waals surface area (Å²) in [6.07, 6.45) is 1.47. The molecule has 0 spiro atoms. The first-order chi connectivity index (χ1) is 10.6. The first-order valence-corrected chi connectivity index (χ1v) is 7.12. The molecule has 0 aromatic carbocycles. The zero-order valence-electron chi connectivity index (χ0n) is 13.7. The molecule has 0 aliphatic rings. The number of alkyl carbamates (subject to hydrolysis) is 1. The van der Waals surface area contributed by atoms with Crippen molar-refractivity contribution >= 4 is 23.8 Å². The number of carbonyl (C=O) groups is 3. The van der Waals surface area contributed by atoms with Crippen LogP contribution in [0.25, 0.3) is 0 Å². The molecule has 0 saturated carbocycles. The fraction of sp³-hybridized carbons (Fsp3) is 0.571. The molecule has 23 heavy (non-hydrogen) atoms. The van der Waals surface area contributed by atoms with Crippen LogP contribution in [0.2, 0.25) is 0 Å². The Labute approximate surface area is 134 Å². The van der Waals surface area contributed by atoms with Gasteiger partial charge in [-0.2, -0.15) is 0 Å². The maximum Gasteiger partial charge on any atom is 0.407 e. The Morgan fingerprint density at radius 3 is 2.52 bits per heavy atom. The summed E-state index contributed by atoms with van der Waals surface area (Å²) in [7, 11) is 1.52. The number of carboxylic acids is 1. The number of carboxylic acid groups (broad SMARTS) is 1. The zero-order valence-corrected chi connectivity index (χ0v) is 13.7. The lowest BCUT2D eigenvalue weighted by Gasteiger charge is -2.19. The van der Waals surface area contributed by atoms with Crippen LogP contribution < -0.4 is 10.6 Å². The van der Waals surface area contributed by atoms with Crippen molar-refractivity contribution in [1.29, 1.82) is 0 Å². The molecular formula is C14H22N4O5. The number of nitrogens with one attached hydrogen (secondary N) is 2. The average Bonchev–Trinajstić information content (AvgIpc) is 2.73. The van der Waals surface area contributed by atoms with Gasteiger partial charge in [0.2, 0.25) is 11.7 Å². The van der Waals surface area contributed by atoms with Crippen LogP contribution >= 0.6 is 0 Å². The van der Waals surface area contributed by atoms with E-state index < -0.39 is 17.7 Å². The Morgan fingerprint density at radius 1 is 1.35 bits per heavy atom. The van der Waals surface area contributed by atoms with E-state index in [4.69, 9.17) is 9.84 Å². The first-order valence-electron chi connectivity index (χ1n) is 7.12. The van der Waals surface area contributed by atoms with E-state index in [1.807, 2.05) is 0 Å². The summed E-state index contributed by atoms with van der Waals surface area (Å²) in [5.41, 5.74) is -0.567. The molecule has 0 fully saturated rings. The molecule has 2 amide bonds. The molecule has 3 N–H and O–H groups in total. The highest BCUT2D eigenvalue weighted by molar-refractivity contribution is 5.91. The minimum atomic E-state index is -1.17. The number of aryl methyl sites for hydroxylation is 1. The number of hydrogen-bond acceptors (Lipinski definition) is 5. The number of imidazole rings is 1. The van der Waals surface area contributed by atoms with Gasteiger partial charge in [0.05, 0.1) is 0 Å². The van der Waals surface area contributed by atoms with Gasteiger partial charge in [0.15, 0.2) is 5.82 Å². The SMILES string of the molecule is Cn1cc(NC(=O)CCCNC(=O)OC(C)(C)C)nc1C(=O)O. The van der Waals surface area contributed by atoms with Crippen LogP contribution in [-0.2, 0) is 16.6 Å². The summed E-state index contributed by atoms with van der Waals surface area (Å²) in [6.45, 7) is 5.58. The van der Waals surface area contributed by atoms with Gasteiger partial charge in [-0.1, -0.05) is 0 Å². The predicted molar refractivity (Wildman–Crippen MR) is 82.3 cm³/mol. The largest absolute Gasteiger partial charge is 0.475 e. The minimum Gasteiger partial charge on any atom is -0.475 e. The molecule has 0 aliphatic heterocycles. The molecule has 9 heteroatoms. The molecule has 0 bridgehead atoms. The van der Waals surface area contributed by atoms with E-state index in [0.717, 1.165) is 0 Å². The van der Waals surface area contributed by atoms with Gasteiger partial charge in [-0.15, -0.1) is 0 Å². The van der Waals surface area contributed by atoms with E-state index in [1.165, 1.54) is 17.8 Å². The van der Waals surface area contributed by atoms with E-state index in [2.05, 4.69) is 15.6 Å². The fourth-order valence-corrected chi connectivity index (χ4v) is 1.68. The van der Waals surface area contributed by atoms with Gasteiger partial charge in [0.25, 0.3) is 0 Å². The Morgan fingerprint density at radius 2 is 2.00 bits per heavy atom. The van der Waals surface area contributed by atoms with Gasteiger partial charge in [-0.05, 0) is 27.2 Å². The second kappa shape index (κ2) is 7.61. The molecule has 0 unspecified atom stereocenters. The van der Waals surface area contributed by atoms with Crippen molar-refractivity contribution in [2.45, 2.75) is 39.2 Å². The fourth-order valence-electron chi connectivity index (χ4n) is 1.68. The zero-order chi connectivity index (χ0) is 17.6. The Kier molecular flexibility index (Phi) is 6.11. The molecule has 0 atom stereocenters. The number of nitrogens with zero attached hydrogens (tertiary/aromatic N) is 2. The first kappa shape index (κ1) is 18.5. The van der Waals surface area contributed by atoms with E-state index in [9.17, 15) is 14.4 Å². The van der Waals surface area contributed by atoms with Gasteiger partial charge in [0.1, 0.15) is 5.60 Å². The maximum atomic E-state index is 11.7. The molecule has 1 aromatic heterocycles. The number of anilines is 1. The summed E-state index contributed by atoms with van der Waals surface area (Å²) in [6, 6.07) is 0. The molecule has 1 aromatic rings. The van der Waals surface area contributed by atoms with Crippen LogP contribution in [0.15, 0.2) is 6.20 Å².